The van der Waals surface area contributed by atoms with Crippen molar-refractivity contribution in [2.45, 2.75) is 45.6 Å². The molecule has 1 atom stereocenters. The second-order valence-corrected chi connectivity index (χ2v) is 4.02. The molecule has 0 spiro atoms. The van der Waals surface area contributed by atoms with Gasteiger partial charge in [-0.3, -0.25) is 0 Å². The first-order valence-electron chi connectivity index (χ1n) is 5.51. The largest absolute Gasteiger partial charge is 0.478 e. The molecule has 78 valence electrons. The highest BCUT2D eigenvalue weighted by Crippen LogP contribution is 2.31. The molecule has 0 saturated carbocycles. The minimum atomic E-state index is 0.571. The normalized spacial score (nSPS) is 17.3. The molecule has 0 saturated heterocycles. The van der Waals surface area contributed by atoms with Crippen molar-refractivity contribution in [2.24, 2.45) is 0 Å². The summed E-state index contributed by atoms with van der Waals surface area (Å²) < 4.78 is 7.65. The minimum absolute atomic E-state index is 0.571. The molecule has 0 fully saturated rings. The molecule has 1 unspecified atom stereocenters. The summed E-state index contributed by atoms with van der Waals surface area (Å²) in [6.45, 7) is 6.32. The third kappa shape index (κ3) is 1.63. The van der Waals surface area contributed by atoms with Crippen LogP contribution in [-0.4, -0.2) is 16.4 Å². The molecule has 2 heterocycles. The Labute approximate surface area is 85.1 Å². The first-order valence-corrected chi connectivity index (χ1v) is 5.51. The van der Waals surface area contributed by atoms with Gasteiger partial charge in [0.2, 0.25) is 5.88 Å². The molecule has 1 aliphatic heterocycles. The lowest BCUT2D eigenvalue weighted by atomic mass is 9.99. The molecular weight excluding hydrogens is 176 g/mol. The van der Waals surface area contributed by atoms with E-state index in [0.717, 1.165) is 25.5 Å². The van der Waals surface area contributed by atoms with E-state index in [1.165, 1.54) is 18.4 Å². The van der Waals surface area contributed by atoms with Gasteiger partial charge in [0, 0.05) is 18.5 Å². The summed E-state index contributed by atoms with van der Waals surface area (Å²) >= 11 is 0. The van der Waals surface area contributed by atoms with Crippen LogP contribution >= 0.6 is 0 Å². The average molecular weight is 194 g/mol. The Bertz CT molecular complexity index is 306. The Morgan fingerprint density at radius 3 is 3.29 bits per heavy atom. The fraction of sp³-hybridized carbons (Fsp3) is 0.727. The van der Waals surface area contributed by atoms with Crippen molar-refractivity contribution >= 4 is 0 Å². The molecule has 1 aromatic heterocycles. The van der Waals surface area contributed by atoms with Crippen LogP contribution in [0.3, 0.4) is 0 Å². The van der Waals surface area contributed by atoms with E-state index in [1.807, 2.05) is 10.9 Å². The van der Waals surface area contributed by atoms with Gasteiger partial charge in [0.1, 0.15) is 0 Å². The Hall–Kier alpha value is -0.990. The fourth-order valence-electron chi connectivity index (χ4n) is 2.02. The molecule has 14 heavy (non-hydrogen) atoms. The zero-order chi connectivity index (χ0) is 9.97. The lowest BCUT2D eigenvalue weighted by molar-refractivity contribution is 0.227. The van der Waals surface area contributed by atoms with Crippen LogP contribution in [0.4, 0.5) is 0 Å². The highest BCUT2D eigenvalue weighted by molar-refractivity contribution is 5.28. The summed E-state index contributed by atoms with van der Waals surface area (Å²) in [7, 11) is 0. The van der Waals surface area contributed by atoms with Crippen molar-refractivity contribution < 1.29 is 4.74 Å². The smallest absolute Gasteiger partial charge is 0.215 e. The SMILES string of the molecule is CCCC(C)c1cnn2c1OCCC2. The number of hydrogen-bond donors (Lipinski definition) is 0. The van der Waals surface area contributed by atoms with Gasteiger partial charge in [0.15, 0.2) is 0 Å². The van der Waals surface area contributed by atoms with E-state index in [1.54, 1.807) is 0 Å². The van der Waals surface area contributed by atoms with Crippen LogP contribution in [-0.2, 0) is 6.54 Å². The van der Waals surface area contributed by atoms with Crippen molar-refractivity contribution in [2.75, 3.05) is 6.61 Å². The van der Waals surface area contributed by atoms with Crippen LogP contribution in [0, 0.1) is 0 Å². The Kier molecular flexibility index (Phi) is 2.75. The second-order valence-electron chi connectivity index (χ2n) is 4.02. The van der Waals surface area contributed by atoms with Crippen LogP contribution in [0.5, 0.6) is 5.88 Å². The Morgan fingerprint density at radius 1 is 1.64 bits per heavy atom. The Balaban J connectivity index is 2.21. The van der Waals surface area contributed by atoms with Crippen molar-refractivity contribution in [3.63, 3.8) is 0 Å². The lowest BCUT2D eigenvalue weighted by Gasteiger charge is -2.18. The van der Waals surface area contributed by atoms with E-state index < -0.39 is 0 Å². The van der Waals surface area contributed by atoms with Crippen LogP contribution in [0.25, 0.3) is 0 Å². The van der Waals surface area contributed by atoms with Gasteiger partial charge in [-0.25, -0.2) is 4.68 Å². The van der Waals surface area contributed by atoms with Gasteiger partial charge in [-0.15, -0.1) is 0 Å². The molecular formula is C11H18N2O. The third-order valence-electron chi connectivity index (χ3n) is 2.82. The number of ether oxygens (including phenoxy) is 1. The topological polar surface area (TPSA) is 27.1 Å². The van der Waals surface area contributed by atoms with Gasteiger partial charge in [-0.05, 0) is 12.3 Å². The number of hydrogen-bond acceptors (Lipinski definition) is 2. The van der Waals surface area contributed by atoms with Gasteiger partial charge in [-0.1, -0.05) is 20.3 Å². The van der Waals surface area contributed by atoms with Crippen LogP contribution < -0.4 is 4.74 Å². The Morgan fingerprint density at radius 2 is 2.50 bits per heavy atom. The molecule has 1 aromatic rings. The summed E-state index contributed by atoms with van der Waals surface area (Å²) in [5, 5.41) is 4.35. The molecule has 0 amide bonds. The molecule has 0 aromatic carbocycles. The van der Waals surface area contributed by atoms with E-state index in [0.29, 0.717) is 5.92 Å². The second kappa shape index (κ2) is 4.03. The van der Waals surface area contributed by atoms with Crippen LogP contribution in [0.15, 0.2) is 6.20 Å². The maximum atomic E-state index is 5.66. The summed E-state index contributed by atoms with van der Waals surface area (Å²) in [6, 6.07) is 0. The van der Waals surface area contributed by atoms with Gasteiger partial charge in [-0.2, -0.15) is 5.10 Å². The monoisotopic (exact) mass is 194 g/mol. The van der Waals surface area contributed by atoms with Crippen LogP contribution in [0.1, 0.15) is 44.6 Å². The first-order chi connectivity index (χ1) is 6.83. The van der Waals surface area contributed by atoms with E-state index in [9.17, 15) is 0 Å². The number of rotatable bonds is 3. The third-order valence-corrected chi connectivity index (χ3v) is 2.82. The summed E-state index contributed by atoms with van der Waals surface area (Å²) in [4.78, 5) is 0. The molecule has 3 heteroatoms. The predicted octanol–water partition coefficient (Wildman–Crippen LogP) is 2.57. The first kappa shape index (κ1) is 9.56. The number of aromatic nitrogens is 2. The van der Waals surface area contributed by atoms with Gasteiger partial charge < -0.3 is 4.74 Å². The van der Waals surface area contributed by atoms with E-state index in [2.05, 4.69) is 18.9 Å². The van der Waals surface area contributed by atoms with E-state index in [4.69, 9.17) is 4.74 Å². The summed E-state index contributed by atoms with van der Waals surface area (Å²) in [5.41, 5.74) is 1.28. The maximum Gasteiger partial charge on any atom is 0.215 e. The quantitative estimate of drug-likeness (QED) is 0.739. The van der Waals surface area contributed by atoms with Crippen molar-refractivity contribution in [1.82, 2.24) is 9.78 Å². The minimum Gasteiger partial charge on any atom is -0.478 e. The van der Waals surface area contributed by atoms with Gasteiger partial charge >= 0.3 is 0 Å². The predicted molar refractivity (Wildman–Crippen MR) is 55.7 cm³/mol. The van der Waals surface area contributed by atoms with E-state index in [-0.39, 0.29) is 0 Å². The zero-order valence-corrected chi connectivity index (χ0v) is 8.99. The van der Waals surface area contributed by atoms with Crippen molar-refractivity contribution in [3.8, 4) is 5.88 Å². The summed E-state index contributed by atoms with van der Waals surface area (Å²) in [5.74, 6) is 1.58. The highest BCUT2D eigenvalue weighted by Gasteiger charge is 2.19. The molecule has 0 bridgehead atoms. The molecule has 1 aliphatic rings. The fourth-order valence-corrected chi connectivity index (χ4v) is 2.02. The maximum absolute atomic E-state index is 5.66. The lowest BCUT2D eigenvalue weighted by Crippen LogP contribution is -2.15. The van der Waals surface area contributed by atoms with Crippen molar-refractivity contribution in [3.05, 3.63) is 11.8 Å². The van der Waals surface area contributed by atoms with Crippen molar-refractivity contribution in [1.29, 1.82) is 0 Å². The zero-order valence-electron chi connectivity index (χ0n) is 8.99. The highest BCUT2D eigenvalue weighted by atomic mass is 16.5. The van der Waals surface area contributed by atoms with E-state index >= 15 is 0 Å². The standard InChI is InChI=1S/C11H18N2O/c1-3-5-9(2)10-8-12-13-6-4-7-14-11(10)13/h8-9H,3-7H2,1-2H3. The molecule has 0 radical (unpaired) electrons. The number of nitrogens with zero attached hydrogens (tertiary/aromatic N) is 2. The molecule has 2 rings (SSSR count). The number of fused-ring (bicyclic) bond motifs is 1. The van der Waals surface area contributed by atoms with Gasteiger partial charge in [0.25, 0.3) is 0 Å². The summed E-state index contributed by atoms with van der Waals surface area (Å²) in [6.07, 6.45) is 5.48. The average Bonchev–Trinajstić information content (AvgIpc) is 2.61. The van der Waals surface area contributed by atoms with Crippen LogP contribution in [0.2, 0.25) is 0 Å². The molecule has 0 N–H and O–H groups in total. The van der Waals surface area contributed by atoms with Gasteiger partial charge in [0.05, 0.1) is 12.8 Å². The molecule has 3 nitrogen and oxygen atoms in total. The molecule has 0 aliphatic carbocycles. The number of aryl methyl sites for hydroxylation is 1.